The molecule has 2 aliphatic heterocycles. The molecule has 1 atom stereocenters. The number of carbonyl (C=O) groups is 1. The lowest BCUT2D eigenvalue weighted by Crippen LogP contribution is -2.37. The summed E-state index contributed by atoms with van der Waals surface area (Å²) < 4.78 is 0. The van der Waals surface area contributed by atoms with Crippen LogP contribution in [0.4, 0.5) is 0 Å². The van der Waals surface area contributed by atoms with Crippen LogP contribution in [0, 0.1) is 11.3 Å². The van der Waals surface area contributed by atoms with Gasteiger partial charge in [0.15, 0.2) is 0 Å². The Balaban J connectivity index is 1.75. The van der Waals surface area contributed by atoms with Gasteiger partial charge in [-0.3, -0.25) is 4.79 Å². The number of amides is 1. The number of rotatable bonds is 3. The summed E-state index contributed by atoms with van der Waals surface area (Å²) in [4.78, 5) is 14.3. The molecular formula is C17H30N2O. The monoisotopic (exact) mass is 278 g/mol. The summed E-state index contributed by atoms with van der Waals surface area (Å²) in [6.07, 6.45) is 7.64. The molecule has 2 rings (SSSR count). The molecule has 20 heavy (non-hydrogen) atoms. The number of piperidine rings is 1. The first-order valence-corrected chi connectivity index (χ1v) is 8.15. The average molecular weight is 278 g/mol. The van der Waals surface area contributed by atoms with Crippen molar-refractivity contribution in [3.8, 4) is 0 Å². The second-order valence-electron chi connectivity index (χ2n) is 7.32. The Labute approximate surface area is 123 Å². The van der Waals surface area contributed by atoms with Crippen LogP contribution in [0.25, 0.3) is 0 Å². The lowest BCUT2D eigenvalue weighted by Gasteiger charge is -2.32. The van der Waals surface area contributed by atoms with Crippen LogP contribution in [-0.4, -0.2) is 37.0 Å². The van der Waals surface area contributed by atoms with E-state index in [1.165, 1.54) is 18.4 Å². The predicted octanol–water partition coefficient (Wildman–Crippen LogP) is 2.97. The first-order valence-electron chi connectivity index (χ1n) is 8.15. The molecule has 1 unspecified atom stereocenters. The molecule has 3 nitrogen and oxygen atoms in total. The zero-order valence-corrected chi connectivity index (χ0v) is 13.4. The van der Waals surface area contributed by atoms with E-state index >= 15 is 0 Å². The maximum absolute atomic E-state index is 12.3. The largest absolute Gasteiger partial charge is 0.339 e. The van der Waals surface area contributed by atoms with Gasteiger partial charge in [-0.2, -0.15) is 0 Å². The first-order chi connectivity index (χ1) is 9.47. The fraction of sp³-hybridized carbons (Fsp3) is 0.824. The van der Waals surface area contributed by atoms with E-state index < -0.39 is 0 Å². The Morgan fingerprint density at radius 1 is 1.45 bits per heavy atom. The van der Waals surface area contributed by atoms with E-state index in [1.54, 1.807) is 0 Å². The third kappa shape index (κ3) is 4.34. The maximum Gasteiger partial charge on any atom is 0.222 e. The van der Waals surface area contributed by atoms with Gasteiger partial charge >= 0.3 is 0 Å². The molecule has 2 aliphatic rings. The molecule has 0 aliphatic carbocycles. The quantitative estimate of drug-likeness (QED) is 0.805. The molecule has 0 aromatic heterocycles. The number of carbonyl (C=O) groups excluding carboxylic acids is 1. The minimum absolute atomic E-state index is 0.253. The highest BCUT2D eigenvalue weighted by molar-refractivity contribution is 5.76. The van der Waals surface area contributed by atoms with E-state index in [1.807, 2.05) is 4.90 Å². The summed E-state index contributed by atoms with van der Waals surface area (Å²) in [5.41, 5.74) is 1.75. The summed E-state index contributed by atoms with van der Waals surface area (Å²) in [7, 11) is 0. The van der Waals surface area contributed by atoms with E-state index in [0.717, 1.165) is 45.4 Å². The van der Waals surface area contributed by atoms with Crippen molar-refractivity contribution in [2.75, 3.05) is 26.2 Å². The number of hydrogen-bond acceptors (Lipinski definition) is 2. The van der Waals surface area contributed by atoms with Crippen molar-refractivity contribution >= 4 is 5.91 Å². The molecule has 1 fully saturated rings. The molecule has 114 valence electrons. The van der Waals surface area contributed by atoms with Crippen LogP contribution in [-0.2, 0) is 4.79 Å². The summed E-state index contributed by atoms with van der Waals surface area (Å²) in [5, 5.41) is 3.43. The van der Waals surface area contributed by atoms with Crippen molar-refractivity contribution in [1.82, 2.24) is 10.2 Å². The topological polar surface area (TPSA) is 32.3 Å². The van der Waals surface area contributed by atoms with E-state index in [2.05, 4.69) is 32.2 Å². The van der Waals surface area contributed by atoms with Crippen LogP contribution in [0.2, 0.25) is 0 Å². The van der Waals surface area contributed by atoms with Crippen LogP contribution in [0.3, 0.4) is 0 Å². The van der Waals surface area contributed by atoms with Gasteiger partial charge < -0.3 is 10.2 Å². The Morgan fingerprint density at radius 3 is 2.80 bits per heavy atom. The van der Waals surface area contributed by atoms with Crippen LogP contribution < -0.4 is 5.32 Å². The van der Waals surface area contributed by atoms with E-state index in [-0.39, 0.29) is 5.41 Å². The Bertz CT molecular complexity index is 362. The number of hydrogen-bond donors (Lipinski definition) is 1. The molecule has 3 heteroatoms. The molecule has 0 radical (unpaired) electrons. The van der Waals surface area contributed by atoms with Gasteiger partial charge in [0, 0.05) is 19.5 Å². The summed E-state index contributed by atoms with van der Waals surface area (Å²) in [6.45, 7) is 10.7. The number of nitrogens with one attached hydrogen (secondary N) is 1. The van der Waals surface area contributed by atoms with Gasteiger partial charge in [-0.1, -0.05) is 32.4 Å². The van der Waals surface area contributed by atoms with Crippen LogP contribution >= 0.6 is 0 Å². The summed E-state index contributed by atoms with van der Waals surface area (Å²) in [5.74, 6) is 1.05. The molecule has 0 aromatic rings. The molecule has 1 amide bonds. The van der Waals surface area contributed by atoms with Gasteiger partial charge in [0.2, 0.25) is 5.91 Å². The Kier molecular flexibility index (Phi) is 5.25. The van der Waals surface area contributed by atoms with Gasteiger partial charge in [0.1, 0.15) is 0 Å². The fourth-order valence-electron chi connectivity index (χ4n) is 3.23. The zero-order chi connectivity index (χ0) is 14.6. The Hall–Kier alpha value is -0.830. The molecule has 0 bridgehead atoms. The number of nitrogens with zero attached hydrogens (tertiary/aromatic N) is 1. The highest BCUT2D eigenvalue weighted by atomic mass is 16.2. The molecule has 0 aromatic carbocycles. The van der Waals surface area contributed by atoms with Crippen molar-refractivity contribution in [3.05, 3.63) is 11.6 Å². The van der Waals surface area contributed by atoms with E-state index in [9.17, 15) is 4.79 Å². The lowest BCUT2D eigenvalue weighted by atomic mass is 9.83. The average Bonchev–Trinajstić information content (AvgIpc) is 2.45. The minimum atomic E-state index is 0.253. The third-order valence-corrected chi connectivity index (χ3v) is 4.69. The minimum Gasteiger partial charge on any atom is -0.339 e. The summed E-state index contributed by atoms with van der Waals surface area (Å²) in [6, 6.07) is 0. The molecular weight excluding hydrogens is 248 g/mol. The highest BCUT2D eigenvalue weighted by Crippen LogP contribution is 2.30. The van der Waals surface area contributed by atoms with E-state index in [4.69, 9.17) is 0 Å². The molecule has 1 saturated heterocycles. The van der Waals surface area contributed by atoms with Gasteiger partial charge in [0.05, 0.1) is 0 Å². The zero-order valence-electron chi connectivity index (χ0n) is 13.4. The van der Waals surface area contributed by atoms with Crippen molar-refractivity contribution in [3.63, 3.8) is 0 Å². The van der Waals surface area contributed by atoms with Crippen molar-refractivity contribution < 1.29 is 4.79 Å². The van der Waals surface area contributed by atoms with Crippen molar-refractivity contribution in [2.24, 2.45) is 11.3 Å². The van der Waals surface area contributed by atoms with Crippen LogP contribution in [0.1, 0.15) is 52.9 Å². The highest BCUT2D eigenvalue weighted by Gasteiger charge is 2.24. The van der Waals surface area contributed by atoms with Crippen molar-refractivity contribution in [2.45, 2.75) is 52.9 Å². The van der Waals surface area contributed by atoms with Crippen molar-refractivity contribution in [1.29, 1.82) is 0 Å². The molecule has 1 N–H and O–H groups in total. The van der Waals surface area contributed by atoms with Gasteiger partial charge in [-0.25, -0.2) is 0 Å². The van der Waals surface area contributed by atoms with Gasteiger partial charge in [-0.05, 0) is 50.1 Å². The lowest BCUT2D eigenvalue weighted by molar-refractivity contribution is -0.131. The molecule has 2 heterocycles. The SMILES string of the molecule is CC(C)(C)C1=CCN(C(=O)CCC2CCCNC2)CC1. The normalized spacial score (nSPS) is 24.4. The van der Waals surface area contributed by atoms with E-state index in [0.29, 0.717) is 11.8 Å². The smallest absolute Gasteiger partial charge is 0.222 e. The standard InChI is InChI=1S/C17H30N2O/c1-17(2,3)15-8-11-19(12-9-15)16(20)7-6-14-5-4-10-18-13-14/h8,14,18H,4-7,9-13H2,1-3H3. The van der Waals surface area contributed by atoms with Crippen LogP contribution in [0.5, 0.6) is 0 Å². The van der Waals surface area contributed by atoms with Gasteiger partial charge in [-0.15, -0.1) is 0 Å². The van der Waals surface area contributed by atoms with Crippen LogP contribution in [0.15, 0.2) is 11.6 Å². The summed E-state index contributed by atoms with van der Waals surface area (Å²) >= 11 is 0. The second-order valence-corrected chi connectivity index (χ2v) is 7.32. The second kappa shape index (κ2) is 6.75. The third-order valence-electron chi connectivity index (χ3n) is 4.69. The molecule has 0 saturated carbocycles. The predicted molar refractivity (Wildman–Crippen MR) is 83.6 cm³/mol. The fourth-order valence-corrected chi connectivity index (χ4v) is 3.23. The van der Waals surface area contributed by atoms with Gasteiger partial charge in [0.25, 0.3) is 0 Å². The Morgan fingerprint density at radius 2 is 2.25 bits per heavy atom. The molecule has 0 spiro atoms. The maximum atomic E-state index is 12.3. The first kappa shape index (κ1) is 15.6.